The van der Waals surface area contributed by atoms with Crippen LogP contribution in [-0.4, -0.2) is 34.2 Å². The summed E-state index contributed by atoms with van der Waals surface area (Å²) in [6, 6.07) is 7.90. The van der Waals surface area contributed by atoms with E-state index in [9.17, 15) is 0 Å². The van der Waals surface area contributed by atoms with Crippen molar-refractivity contribution in [1.29, 1.82) is 0 Å². The Morgan fingerprint density at radius 2 is 1.17 bits per heavy atom. The van der Waals surface area contributed by atoms with Gasteiger partial charge in [0.2, 0.25) is 0 Å². The predicted molar refractivity (Wildman–Crippen MR) is 92.2 cm³/mol. The number of hydrogen-bond donors (Lipinski definition) is 2. The summed E-state index contributed by atoms with van der Waals surface area (Å²) in [4.78, 5) is 15.1. The van der Waals surface area contributed by atoms with Gasteiger partial charge in [0, 0.05) is 24.8 Å². The Labute approximate surface area is 138 Å². The van der Waals surface area contributed by atoms with E-state index >= 15 is 0 Å². The molecule has 0 aliphatic carbocycles. The second-order valence-corrected chi connectivity index (χ2v) is 5.26. The zero-order valence-corrected chi connectivity index (χ0v) is 13.3. The van der Waals surface area contributed by atoms with E-state index in [2.05, 4.69) is 19.9 Å². The fourth-order valence-corrected chi connectivity index (χ4v) is 3.00. The summed E-state index contributed by atoms with van der Waals surface area (Å²) in [5.41, 5.74) is 1.82. The molecule has 24 heavy (non-hydrogen) atoms. The topological polar surface area (TPSA) is 75.8 Å². The summed E-state index contributed by atoms with van der Waals surface area (Å²) in [6.45, 7) is 0. The zero-order valence-electron chi connectivity index (χ0n) is 13.3. The lowest BCUT2D eigenvalue weighted by Gasteiger charge is -2.15. The number of imidazole rings is 2. The number of nitrogens with zero attached hydrogens (tertiary/aromatic N) is 2. The van der Waals surface area contributed by atoms with Crippen LogP contribution in [0.4, 0.5) is 0 Å². The van der Waals surface area contributed by atoms with Crippen LogP contribution in [0.25, 0.3) is 33.5 Å². The van der Waals surface area contributed by atoms with Crippen molar-refractivity contribution in [3.63, 3.8) is 0 Å². The van der Waals surface area contributed by atoms with Gasteiger partial charge in [-0.1, -0.05) is 0 Å². The van der Waals surface area contributed by atoms with Crippen LogP contribution >= 0.6 is 0 Å². The Balaban J connectivity index is 2.11. The van der Waals surface area contributed by atoms with E-state index in [1.807, 2.05) is 24.3 Å². The van der Waals surface area contributed by atoms with Crippen molar-refractivity contribution in [3.05, 3.63) is 49.1 Å². The molecular weight excluding hydrogens is 304 g/mol. The average molecular weight is 320 g/mol. The highest BCUT2D eigenvalue weighted by molar-refractivity contribution is 6.06. The first kappa shape index (κ1) is 14.3. The number of nitrogens with one attached hydrogen (secondary N) is 2. The van der Waals surface area contributed by atoms with Gasteiger partial charge in [0.15, 0.2) is 0 Å². The molecule has 2 N–H and O–H groups in total. The molecule has 6 nitrogen and oxygen atoms in total. The largest absolute Gasteiger partial charge is 0.496 e. The number of methoxy groups -OCH3 is 2. The third-order valence-electron chi connectivity index (χ3n) is 4.03. The highest BCUT2D eigenvalue weighted by Crippen LogP contribution is 2.42. The Morgan fingerprint density at radius 1 is 0.708 bits per heavy atom. The molecule has 0 bridgehead atoms. The molecule has 0 saturated carbocycles. The number of H-pyrrole nitrogens is 2. The van der Waals surface area contributed by atoms with Crippen LogP contribution in [0.15, 0.2) is 49.1 Å². The van der Waals surface area contributed by atoms with Crippen molar-refractivity contribution in [2.24, 2.45) is 0 Å². The molecule has 0 amide bonds. The second-order valence-electron chi connectivity index (χ2n) is 5.26. The lowest BCUT2D eigenvalue weighted by molar-refractivity contribution is 0.415. The van der Waals surface area contributed by atoms with Crippen molar-refractivity contribution in [2.75, 3.05) is 14.2 Å². The zero-order chi connectivity index (χ0) is 16.5. The van der Waals surface area contributed by atoms with Crippen LogP contribution in [0.2, 0.25) is 0 Å². The molecule has 0 aliphatic heterocycles. The number of hydrogen-bond acceptors (Lipinski definition) is 4. The van der Waals surface area contributed by atoms with Gasteiger partial charge in [-0.2, -0.15) is 0 Å². The Bertz CT molecular complexity index is 895. The highest BCUT2D eigenvalue weighted by atomic mass is 16.5. The van der Waals surface area contributed by atoms with E-state index < -0.39 is 0 Å². The number of fused-ring (bicyclic) bond motifs is 1. The number of aromatic amines is 2. The minimum Gasteiger partial charge on any atom is -0.496 e. The van der Waals surface area contributed by atoms with Crippen LogP contribution in [0.5, 0.6) is 11.5 Å². The minimum atomic E-state index is 0.757. The monoisotopic (exact) mass is 320 g/mol. The molecule has 0 atom stereocenters. The molecule has 0 saturated heterocycles. The Hall–Kier alpha value is -3.28. The lowest BCUT2D eigenvalue weighted by atomic mass is 9.97. The van der Waals surface area contributed by atoms with E-state index in [0.717, 1.165) is 45.0 Å². The molecule has 0 fully saturated rings. The second kappa shape index (κ2) is 5.73. The average Bonchev–Trinajstić information content (AvgIpc) is 3.33. The third kappa shape index (κ3) is 2.11. The third-order valence-corrected chi connectivity index (χ3v) is 4.03. The quantitative estimate of drug-likeness (QED) is 0.602. The SMILES string of the molecule is COc1ccc2c(-c3ncc[nH]3)c(OC)ccc2c1-c1ncc[nH]1. The molecular formula is C18H16N4O2. The maximum absolute atomic E-state index is 5.55. The molecule has 0 spiro atoms. The van der Waals surface area contributed by atoms with Gasteiger partial charge in [0.05, 0.1) is 25.3 Å². The van der Waals surface area contributed by atoms with E-state index in [1.165, 1.54) is 0 Å². The van der Waals surface area contributed by atoms with Crippen LogP contribution in [0.1, 0.15) is 0 Å². The molecule has 0 radical (unpaired) electrons. The molecule has 6 heteroatoms. The van der Waals surface area contributed by atoms with E-state index in [4.69, 9.17) is 9.47 Å². The highest BCUT2D eigenvalue weighted by Gasteiger charge is 2.19. The van der Waals surface area contributed by atoms with E-state index in [0.29, 0.717) is 0 Å². The molecule has 4 rings (SSSR count). The maximum atomic E-state index is 5.55. The maximum Gasteiger partial charge on any atom is 0.141 e. The van der Waals surface area contributed by atoms with Crippen molar-refractivity contribution in [1.82, 2.24) is 19.9 Å². The fourth-order valence-electron chi connectivity index (χ4n) is 3.00. The Morgan fingerprint density at radius 3 is 1.50 bits per heavy atom. The van der Waals surface area contributed by atoms with Gasteiger partial charge < -0.3 is 19.4 Å². The number of ether oxygens (including phenoxy) is 2. The predicted octanol–water partition coefficient (Wildman–Crippen LogP) is 3.64. The molecule has 2 aromatic carbocycles. The van der Waals surface area contributed by atoms with Gasteiger partial charge in [0.1, 0.15) is 23.1 Å². The standard InChI is InChI=1S/C18H16N4O2/c1-23-13-5-3-12-11(15(13)17-19-7-8-20-17)4-6-14(24-2)16(12)18-21-9-10-22-18/h3-10H,1-2H3,(H,19,20)(H,21,22). The number of rotatable bonds is 4. The first-order valence-corrected chi connectivity index (χ1v) is 7.50. The van der Waals surface area contributed by atoms with Crippen LogP contribution in [0.3, 0.4) is 0 Å². The van der Waals surface area contributed by atoms with Gasteiger partial charge in [-0.15, -0.1) is 0 Å². The summed E-state index contributed by atoms with van der Waals surface area (Å²) >= 11 is 0. The minimum absolute atomic E-state index is 0.757. The molecule has 2 heterocycles. The molecule has 0 unspecified atom stereocenters. The first-order valence-electron chi connectivity index (χ1n) is 7.50. The molecule has 0 aliphatic rings. The molecule has 4 aromatic rings. The molecule has 120 valence electrons. The van der Waals surface area contributed by atoms with Crippen LogP contribution in [0, 0.1) is 0 Å². The van der Waals surface area contributed by atoms with Crippen molar-refractivity contribution < 1.29 is 9.47 Å². The summed E-state index contributed by atoms with van der Waals surface area (Å²) in [7, 11) is 3.31. The van der Waals surface area contributed by atoms with Crippen LogP contribution in [-0.2, 0) is 0 Å². The first-order chi connectivity index (χ1) is 11.8. The van der Waals surface area contributed by atoms with Gasteiger partial charge in [0.25, 0.3) is 0 Å². The van der Waals surface area contributed by atoms with Crippen molar-refractivity contribution >= 4 is 10.8 Å². The van der Waals surface area contributed by atoms with Gasteiger partial charge in [-0.3, -0.25) is 0 Å². The van der Waals surface area contributed by atoms with Crippen molar-refractivity contribution in [2.45, 2.75) is 0 Å². The summed E-state index contributed by atoms with van der Waals surface area (Å²) < 4.78 is 11.1. The summed E-state index contributed by atoms with van der Waals surface area (Å²) in [5.74, 6) is 3.03. The number of aromatic nitrogens is 4. The Kier molecular flexibility index (Phi) is 3.42. The lowest BCUT2D eigenvalue weighted by Crippen LogP contribution is -1.95. The van der Waals surface area contributed by atoms with Gasteiger partial charge in [-0.25, -0.2) is 9.97 Å². The van der Waals surface area contributed by atoms with Gasteiger partial charge in [-0.05, 0) is 35.0 Å². The van der Waals surface area contributed by atoms with Gasteiger partial charge >= 0.3 is 0 Å². The summed E-state index contributed by atoms with van der Waals surface area (Å²) in [6.07, 6.45) is 7.05. The fraction of sp³-hybridized carbons (Fsp3) is 0.111. The van der Waals surface area contributed by atoms with E-state index in [1.54, 1.807) is 39.0 Å². The normalized spacial score (nSPS) is 10.9. The van der Waals surface area contributed by atoms with Crippen molar-refractivity contribution in [3.8, 4) is 34.3 Å². The van der Waals surface area contributed by atoms with E-state index in [-0.39, 0.29) is 0 Å². The smallest absolute Gasteiger partial charge is 0.141 e. The summed E-state index contributed by atoms with van der Waals surface area (Å²) in [5, 5.41) is 2.02. The molecule has 2 aromatic heterocycles. The number of benzene rings is 2. The van der Waals surface area contributed by atoms with Crippen LogP contribution < -0.4 is 9.47 Å².